The molecule has 1 fully saturated rings. The van der Waals surface area contributed by atoms with Gasteiger partial charge >= 0.3 is 18.0 Å². The van der Waals surface area contributed by atoms with Crippen LogP contribution in [0.5, 0.6) is 0 Å². The third-order valence-corrected chi connectivity index (χ3v) is 3.68. The lowest BCUT2D eigenvalue weighted by molar-refractivity contribution is -0.142. The van der Waals surface area contributed by atoms with E-state index in [1.54, 1.807) is 18.7 Å². The largest absolute Gasteiger partial charge is 0.481 e. The van der Waals surface area contributed by atoms with Crippen LogP contribution in [0, 0.1) is 0 Å². The lowest BCUT2D eigenvalue weighted by atomic mass is 10.2. The van der Waals surface area contributed by atoms with Gasteiger partial charge in [0, 0.05) is 18.1 Å². The summed E-state index contributed by atoms with van der Waals surface area (Å²) in [4.78, 5) is 35.3. The number of carbonyl (C=O) groups is 3. The SMILES string of the molecule is CCOC(=O)CNC(=O)N1CCSCC1CC(=O)O. The summed E-state index contributed by atoms with van der Waals surface area (Å²) in [5.74, 6) is -0.0741. The van der Waals surface area contributed by atoms with Crippen LogP contribution in [0.3, 0.4) is 0 Å². The molecule has 1 heterocycles. The van der Waals surface area contributed by atoms with Crippen LogP contribution in [0.2, 0.25) is 0 Å². The van der Waals surface area contributed by atoms with Gasteiger partial charge in [-0.2, -0.15) is 11.8 Å². The van der Waals surface area contributed by atoms with Gasteiger partial charge in [0.1, 0.15) is 6.54 Å². The van der Waals surface area contributed by atoms with E-state index in [0.29, 0.717) is 12.3 Å². The fraction of sp³-hybridized carbons (Fsp3) is 0.727. The number of carboxylic acids is 1. The molecule has 8 heteroatoms. The van der Waals surface area contributed by atoms with Gasteiger partial charge in [-0.15, -0.1) is 0 Å². The van der Waals surface area contributed by atoms with Gasteiger partial charge in [-0.25, -0.2) is 4.79 Å². The number of nitrogens with one attached hydrogen (secondary N) is 1. The highest BCUT2D eigenvalue weighted by molar-refractivity contribution is 7.99. The molecule has 2 amide bonds. The fourth-order valence-electron chi connectivity index (χ4n) is 1.75. The second-order valence-corrected chi connectivity index (χ2v) is 5.13. The molecular weight excluding hydrogens is 272 g/mol. The standard InChI is InChI=1S/C11H18N2O5S/c1-2-18-10(16)6-12-11(17)13-3-4-19-7-8(13)5-9(14)15/h8H,2-7H2,1H3,(H,12,17)(H,14,15). The third-order valence-electron chi connectivity index (χ3n) is 2.59. The summed E-state index contributed by atoms with van der Waals surface area (Å²) >= 11 is 1.62. The number of carbonyl (C=O) groups excluding carboxylic acids is 2. The maximum atomic E-state index is 11.9. The number of urea groups is 1. The second-order valence-electron chi connectivity index (χ2n) is 3.98. The van der Waals surface area contributed by atoms with Crippen molar-refractivity contribution in [1.29, 1.82) is 0 Å². The highest BCUT2D eigenvalue weighted by Gasteiger charge is 2.28. The van der Waals surface area contributed by atoms with E-state index >= 15 is 0 Å². The number of hydrogen-bond donors (Lipinski definition) is 2. The Balaban J connectivity index is 2.47. The number of rotatable bonds is 5. The maximum absolute atomic E-state index is 11.9. The van der Waals surface area contributed by atoms with E-state index in [2.05, 4.69) is 5.32 Å². The van der Waals surface area contributed by atoms with E-state index in [4.69, 9.17) is 9.84 Å². The van der Waals surface area contributed by atoms with Gasteiger partial charge in [-0.3, -0.25) is 9.59 Å². The average Bonchev–Trinajstić information content (AvgIpc) is 2.36. The molecule has 7 nitrogen and oxygen atoms in total. The molecule has 1 aliphatic rings. The van der Waals surface area contributed by atoms with Gasteiger partial charge in [0.15, 0.2) is 0 Å². The summed E-state index contributed by atoms with van der Waals surface area (Å²) < 4.78 is 4.70. The molecule has 1 saturated heterocycles. The zero-order valence-electron chi connectivity index (χ0n) is 10.8. The first-order chi connectivity index (χ1) is 9.04. The summed E-state index contributed by atoms with van der Waals surface area (Å²) in [6.45, 7) is 2.23. The molecule has 1 rings (SSSR count). The molecule has 1 atom stereocenters. The Labute approximate surface area is 115 Å². The van der Waals surface area contributed by atoms with Crippen LogP contribution >= 0.6 is 11.8 Å². The molecule has 1 aliphatic heterocycles. The summed E-state index contributed by atoms with van der Waals surface area (Å²) in [6, 6.07) is -0.752. The van der Waals surface area contributed by atoms with E-state index in [9.17, 15) is 14.4 Å². The van der Waals surface area contributed by atoms with Crippen LogP contribution in [-0.2, 0) is 14.3 Å². The van der Waals surface area contributed by atoms with Crippen molar-refractivity contribution in [2.45, 2.75) is 19.4 Å². The molecule has 0 aromatic carbocycles. The van der Waals surface area contributed by atoms with Gasteiger partial charge in [0.05, 0.1) is 19.1 Å². The Hall–Kier alpha value is -1.44. The Morgan fingerprint density at radius 2 is 2.21 bits per heavy atom. The zero-order valence-corrected chi connectivity index (χ0v) is 11.6. The molecule has 19 heavy (non-hydrogen) atoms. The van der Waals surface area contributed by atoms with E-state index in [-0.39, 0.29) is 25.6 Å². The summed E-state index contributed by atoms with van der Waals surface area (Å²) in [5.41, 5.74) is 0. The van der Waals surface area contributed by atoms with Crippen molar-refractivity contribution >= 4 is 29.7 Å². The van der Waals surface area contributed by atoms with Gasteiger partial charge in [-0.05, 0) is 6.92 Å². The molecule has 0 aromatic rings. The Bertz CT molecular complexity index is 350. The zero-order chi connectivity index (χ0) is 14.3. The molecular formula is C11H18N2O5S. The smallest absolute Gasteiger partial charge is 0.325 e. The molecule has 108 valence electrons. The number of esters is 1. The van der Waals surface area contributed by atoms with Gasteiger partial charge in [0.25, 0.3) is 0 Å². The minimum absolute atomic E-state index is 0.0835. The van der Waals surface area contributed by atoms with Crippen LogP contribution in [-0.4, -0.2) is 65.2 Å². The van der Waals surface area contributed by atoms with Crippen LogP contribution in [0.25, 0.3) is 0 Å². The van der Waals surface area contributed by atoms with E-state index in [1.165, 1.54) is 4.90 Å². The predicted molar refractivity (Wildman–Crippen MR) is 70.1 cm³/mol. The second kappa shape index (κ2) is 7.88. The fourth-order valence-corrected chi connectivity index (χ4v) is 2.82. The predicted octanol–water partition coefficient (Wildman–Crippen LogP) is 0.151. The number of ether oxygens (including phenoxy) is 1. The topological polar surface area (TPSA) is 95.9 Å². The van der Waals surface area contributed by atoms with Gasteiger partial charge < -0.3 is 20.1 Å². The number of amides is 2. The number of aliphatic carboxylic acids is 1. The highest BCUT2D eigenvalue weighted by Crippen LogP contribution is 2.18. The van der Waals surface area contributed by atoms with Crippen molar-refractivity contribution in [3.63, 3.8) is 0 Å². The number of hydrogen-bond acceptors (Lipinski definition) is 5. The molecule has 1 unspecified atom stereocenters. The highest BCUT2D eigenvalue weighted by atomic mass is 32.2. The minimum atomic E-state index is -0.935. The van der Waals surface area contributed by atoms with E-state index < -0.39 is 18.0 Å². The quantitative estimate of drug-likeness (QED) is 0.700. The summed E-state index contributed by atoms with van der Waals surface area (Å²) in [6.07, 6.45) is -0.0835. The summed E-state index contributed by atoms with van der Waals surface area (Å²) in [5, 5.41) is 11.3. The Morgan fingerprint density at radius 1 is 1.47 bits per heavy atom. The molecule has 0 aromatic heterocycles. The molecule has 2 N–H and O–H groups in total. The van der Waals surface area contributed by atoms with Crippen molar-refractivity contribution in [1.82, 2.24) is 10.2 Å². The van der Waals surface area contributed by atoms with E-state index in [1.807, 2.05) is 0 Å². The average molecular weight is 290 g/mol. The number of carboxylic acid groups (broad SMARTS) is 1. The molecule has 0 bridgehead atoms. The Morgan fingerprint density at radius 3 is 2.84 bits per heavy atom. The first-order valence-electron chi connectivity index (χ1n) is 6.04. The molecule has 0 radical (unpaired) electrons. The number of nitrogens with zero attached hydrogens (tertiary/aromatic N) is 1. The van der Waals surface area contributed by atoms with Crippen molar-refractivity contribution in [2.75, 3.05) is 31.2 Å². The summed E-state index contributed by atoms with van der Waals surface area (Å²) in [7, 11) is 0. The van der Waals surface area contributed by atoms with Crippen LogP contribution in [0.15, 0.2) is 0 Å². The van der Waals surface area contributed by atoms with Gasteiger partial charge in [0.2, 0.25) is 0 Å². The first kappa shape index (κ1) is 15.6. The third kappa shape index (κ3) is 5.37. The van der Waals surface area contributed by atoms with Crippen LogP contribution < -0.4 is 5.32 Å². The van der Waals surface area contributed by atoms with Crippen molar-refractivity contribution in [3.8, 4) is 0 Å². The number of thioether (sulfide) groups is 1. The van der Waals surface area contributed by atoms with Crippen molar-refractivity contribution < 1.29 is 24.2 Å². The molecule has 0 saturated carbocycles. The van der Waals surface area contributed by atoms with Crippen molar-refractivity contribution in [2.24, 2.45) is 0 Å². The Kier molecular flexibility index (Phi) is 6.48. The van der Waals surface area contributed by atoms with E-state index in [0.717, 1.165) is 5.75 Å². The van der Waals surface area contributed by atoms with Crippen LogP contribution in [0.4, 0.5) is 4.79 Å². The normalized spacial score (nSPS) is 18.8. The van der Waals surface area contributed by atoms with Gasteiger partial charge in [-0.1, -0.05) is 0 Å². The maximum Gasteiger partial charge on any atom is 0.325 e. The minimum Gasteiger partial charge on any atom is -0.481 e. The van der Waals surface area contributed by atoms with Crippen LogP contribution in [0.1, 0.15) is 13.3 Å². The lowest BCUT2D eigenvalue weighted by Crippen LogP contribution is -2.52. The monoisotopic (exact) mass is 290 g/mol. The van der Waals surface area contributed by atoms with Crippen molar-refractivity contribution in [3.05, 3.63) is 0 Å². The first-order valence-corrected chi connectivity index (χ1v) is 7.19. The lowest BCUT2D eigenvalue weighted by Gasteiger charge is -2.34. The molecule has 0 spiro atoms. The molecule has 0 aliphatic carbocycles.